The molecule has 3 heterocycles. The predicted octanol–water partition coefficient (Wildman–Crippen LogP) is 4.72. The van der Waals surface area contributed by atoms with Crippen LogP contribution >= 0.6 is 23.2 Å². The van der Waals surface area contributed by atoms with Gasteiger partial charge in [-0.1, -0.05) is 41.8 Å². The summed E-state index contributed by atoms with van der Waals surface area (Å²) < 4.78 is 2.10. The lowest BCUT2D eigenvalue weighted by Crippen LogP contribution is -2.47. The van der Waals surface area contributed by atoms with Crippen LogP contribution in [0.15, 0.2) is 36.8 Å². The zero-order chi connectivity index (χ0) is 20.0. The lowest BCUT2D eigenvalue weighted by molar-refractivity contribution is 0.197. The summed E-state index contributed by atoms with van der Waals surface area (Å²) in [4.78, 5) is 11.8. The van der Waals surface area contributed by atoms with E-state index in [4.69, 9.17) is 33.9 Å². The molecular formula is C22H25Cl2N5. The molecule has 0 bridgehead atoms. The number of imidazole rings is 1. The molecule has 2 fully saturated rings. The van der Waals surface area contributed by atoms with Crippen LogP contribution in [0.5, 0.6) is 0 Å². The second-order valence-corrected chi connectivity index (χ2v) is 9.23. The Hall–Kier alpha value is -1.82. The van der Waals surface area contributed by atoms with Gasteiger partial charge in [0.1, 0.15) is 5.65 Å². The van der Waals surface area contributed by atoms with Crippen molar-refractivity contribution in [3.63, 3.8) is 0 Å². The number of piperidine rings is 1. The lowest BCUT2D eigenvalue weighted by atomic mass is 9.74. The number of benzene rings is 1. The Balaban J connectivity index is 1.42. The monoisotopic (exact) mass is 429 g/mol. The SMILES string of the molecule is N[C@@H]1CCCC12CCN(c1ncc(Cc3cccc(Cl)c3Cl)c3nccn13)CC2. The molecule has 5 nitrogen and oxygen atoms in total. The molecule has 1 spiro atoms. The first-order valence-electron chi connectivity index (χ1n) is 10.3. The van der Waals surface area contributed by atoms with Gasteiger partial charge in [0.15, 0.2) is 0 Å². The van der Waals surface area contributed by atoms with E-state index < -0.39 is 0 Å². The number of hydrogen-bond acceptors (Lipinski definition) is 4. The van der Waals surface area contributed by atoms with Crippen molar-refractivity contribution in [3.8, 4) is 0 Å². The molecule has 152 valence electrons. The zero-order valence-corrected chi connectivity index (χ0v) is 17.8. The van der Waals surface area contributed by atoms with Gasteiger partial charge >= 0.3 is 0 Å². The van der Waals surface area contributed by atoms with E-state index in [1.165, 1.54) is 19.3 Å². The third kappa shape index (κ3) is 3.29. The van der Waals surface area contributed by atoms with Crippen LogP contribution in [0, 0.1) is 5.41 Å². The molecule has 5 rings (SSSR count). The minimum atomic E-state index is 0.341. The maximum atomic E-state index is 6.45. The Bertz CT molecular complexity index is 1040. The molecule has 7 heteroatoms. The first-order valence-corrected chi connectivity index (χ1v) is 11.1. The Morgan fingerprint density at radius 1 is 1.10 bits per heavy atom. The van der Waals surface area contributed by atoms with E-state index >= 15 is 0 Å². The molecule has 1 aliphatic heterocycles. The molecule has 0 amide bonds. The Morgan fingerprint density at radius 2 is 1.93 bits per heavy atom. The van der Waals surface area contributed by atoms with Crippen LogP contribution in [0.3, 0.4) is 0 Å². The maximum Gasteiger partial charge on any atom is 0.211 e. The molecule has 1 aromatic carbocycles. The number of anilines is 1. The van der Waals surface area contributed by atoms with Crippen LogP contribution in [-0.4, -0.2) is 33.5 Å². The van der Waals surface area contributed by atoms with Crippen molar-refractivity contribution < 1.29 is 0 Å². The number of rotatable bonds is 3. The molecule has 1 saturated carbocycles. The third-order valence-corrected chi connectivity index (χ3v) is 7.77. The summed E-state index contributed by atoms with van der Waals surface area (Å²) in [6.07, 6.45) is 12.4. The van der Waals surface area contributed by atoms with Gasteiger partial charge in [0.2, 0.25) is 5.95 Å². The summed E-state index contributed by atoms with van der Waals surface area (Å²) in [5.41, 5.74) is 9.73. The van der Waals surface area contributed by atoms with Gasteiger partial charge in [-0.3, -0.25) is 4.40 Å². The minimum absolute atomic E-state index is 0.341. The number of nitrogens with zero attached hydrogens (tertiary/aromatic N) is 4. The van der Waals surface area contributed by atoms with Crippen molar-refractivity contribution >= 4 is 34.8 Å². The van der Waals surface area contributed by atoms with Crippen molar-refractivity contribution in [2.75, 3.05) is 18.0 Å². The standard InChI is InChI=1S/C22H25Cl2N5/c23-17-4-1-3-15(19(17)24)13-16-14-27-21(29-12-9-26-20(16)29)28-10-7-22(8-11-28)6-2-5-18(22)25/h1,3-4,9,12,14,18H,2,5-8,10-11,13,25H2/t18-/m1/s1. The van der Waals surface area contributed by atoms with Gasteiger partial charge in [-0.25, -0.2) is 9.97 Å². The molecule has 2 aromatic heterocycles. The summed E-state index contributed by atoms with van der Waals surface area (Å²) in [7, 11) is 0. The Morgan fingerprint density at radius 3 is 2.69 bits per heavy atom. The molecule has 1 atom stereocenters. The van der Waals surface area contributed by atoms with E-state index in [9.17, 15) is 0 Å². The molecule has 29 heavy (non-hydrogen) atoms. The summed E-state index contributed by atoms with van der Waals surface area (Å²) in [6, 6.07) is 6.08. The van der Waals surface area contributed by atoms with Crippen molar-refractivity contribution in [3.05, 3.63) is 58.0 Å². The zero-order valence-electron chi connectivity index (χ0n) is 16.3. The number of hydrogen-bond donors (Lipinski definition) is 1. The largest absolute Gasteiger partial charge is 0.342 e. The van der Waals surface area contributed by atoms with Crippen molar-refractivity contribution in [2.24, 2.45) is 11.1 Å². The predicted molar refractivity (Wildman–Crippen MR) is 118 cm³/mol. The van der Waals surface area contributed by atoms with E-state index in [1.54, 1.807) is 6.07 Å². The average molecular weight is 430 g/mol. The number of aromatic nitrogens is 3. The molecule has 2 aliphatic rings. The lowest BCUT2D eigenvalue weighted by Gasteiger charge is -2.42. The van der Waals surface area contributed by atoms with E-state index in [-0.39, 0.29) is 0 Å². The quantitative estimate of drug-likeness (QED) is 0.653. The topological polar surface area (TPSA) is 59.5 Å². The highest BCUT2D eigenvalue weighted by atomic mass is 35.5. The van der Waals surface area contributed by atoms with E-state index in [1.807, 2.05) is 30.7 Å². The molecule has 2 N–H and O–H groups in total. The van der Waals surface area contributed by atoms with E-state index in [2.05, 4.69) is 14.3 Å². The van der Waals surface area contributed by atoms with Gasteiger partial charge in [-0.2, -0.15) is 0 Å². The first-order chi connectivity index (χ1) is 14.1. The van der Waals surface area contributed by atoms with Gasteiger partial charge < -0.3 is 10.6 Å². The number of nitrogens with two attached hydrogens (primary N) is 1. The molecule has 0 unspecified atom stereocenters. The van der Waals surface area contributed by atoms with Crippen molar-refractivity contribution in [2.45, 2.75) is 44.6 Å². The second-order valence-electron chi connectivity index (χ2n) is 8.44. The van der Waals surface area contributed by atoms with Crippen LogP contribution in [0.25, 0.3) is 5.65 Å². The fraction of sp³-hybridized carbons (Fsp3) is 0.455. The highest BCUT2D eigenvalue weighted by molar-refractivity contribution is 6.42. The van der Waals surface area contributed by atoms with Crippen LogP contribution in [0.4, 0.5) is 5.95 Å². The van der Waals surface area contributed by atoms with Gasteiger partial charge in [-0.05, 0) is 42.7 Å². The molecule has 1 saturated heterocycles. The minimum Gasteiger partial charge on any atom is -0.342 e. The first kappa shape index (κ1) is 19.2. The summed E-state index contributed by atoms with van der Waals surface area (Å²) in [5.74, 6) is 0.958. The fourth-order valence-electron chi connectivity index (χ4n) is 5.15. The van der Waals surface area contributed by atoms with Crippen molar-refractivity contribution in [1.82, 2.24) is 14.4 Å². The Labute approximate surface area is 180 Å². The number of fused-ring (bicyclic) bond motifs is 1. The molecule has 0 radical (unpaired) electrons. The van der Waals surface area contributed by atoms with Gasteiger partial charge in [0.25, 0.3) is 0 Å². The van der Waals surface area contributed by atoms with Crippen molar-refractivity contribution in [1.29, 1.82) is 0 Å². The summed E-state index contributed by atoms with van der Waals surface area (Å²) in [5, 5.41) is 1.16. The second kappa shape index (κ2) is 7.46. The molecular weight excluding hydrogens is 405 g/mol. The van der Waals surface area contributed by atoms with Gasteiger partial charge in [0.05, 0.1) is 10.0 Å². The highest BCUT2D eigenvalue weighted by Crippen LogP contribution is 2.45. The normalized spacial score (nSPS) is 21.3. The molecule has 1 aliphatic carbocycles. The van der Waals surface area contributed by atoms with E-state index in [0.29, 0.717) is 27.9 Å². The smallest absolute Gasteiger partial charge is 0.211 e. The molecule has 3 aromatic rings. The summed E-state index contributed by atoms with van der Waals surface area (Å²) >= 11 is 12.6. The highest BCUT2D eigenvalue weighted by Gasteiger charge is 2.43. The fourth-order valence-corrected chi connectivity index (χ4v) is 5.53. The van der Waals surface area contributed by atoms with E-state index in [0.717, 1.165) is 48.7 Å². The van der Waals surface area contributed by atoms with Crippen LogP contribution in [-0.2, 0) is 6.42 Å². The third-order valence-electron chi connectivity index (χ3n) is 6.91. The van der Waals surface area contributed by atoms with Crippen LogP contribution < -0.4 is 10.6 Å². The van der Waals surface area contributed by atoms with Crippen LogP contribution in [0.2, 0.25) is 10.0 Å². The maximum absolute atomic E-state index is 6.45. The van der Waals surface area contributed by atoms with Gasteiger partial charge in [0, 0.05) is 49.7 Å². The van der Waals surface area contributed by atoms with Gasteiger partial charge in [-0.15, -0.1) is 0 Å². The average Bonchev–Trinajstić information content (AvgIpc) is 3.35. The van der Waals surface area contributed by atoms with Crippen LogP contribution in [0.1, 0.15) is 43.2 Å². The summed E-state index contributed by atoms with van der Waals surface area (Å²) in [6.45, 7) is 1.99. The Kier molecular flexibility index (Phi) is 4.93. The number of halogens is 2.